The third-order valence-corrected chi connectivity index (χ3v) is 5.12. The molecule has 0 bridgehead atoms. The number of rotatable bonds is 5. The van der Waals surface area contributed by atoms with Crippen molar-refractivity contribution in [3.05, 3.63) is 35.9 Å². The maximum atomic E-state index is 5.54. The zero-order chi connectivity index (χ0) is 17.2. The number of benzene rings is 1. The van der Waals surface area contributed by atoms with Gasteiger partial charge in [-0.25, -0.2) is 4.98 Å². The molecule has 0 spiro atoms. The van der Waals surface area contributed by atoms with E-state index < -0.39 is 0 Å². The molecule has 1 fully saturated rings. The van der Waals surface area contributed by atoms with E-state index in [4.69, 9.17) is 14.2 Å². The van der Waals surface area contributed by atoms with Crippen LogP contribution in [0.1, 0.15) is 24.2 Å². The summed E-state index contributed by atoms with van der Waals surface area (Å²) in [5.41, 5.74) is 1.21. The average Bonchev–Trinajstić information content (AvgIpc) is 3.24. The van der Waals surface area contributed by atoms with Gasteiger partial charge in [0, 0.05) is 39.0 Å². The van der Waals surface area contributed by atoms with Crippen LogP contribution in [0.5, 0.6) is 17.2 Å². The van der Waals surface area contributed by atoms with Crippen molar-refractivity contribution in [3.8, 4) is 17.2 Å². The molecule has 2 aliphatic heterocycles. The predicted octanol–water partition coefficient (Wildman–Crippen LogP) is 2.61. The molecule has 1 saturated heterocycles. The maximum absolute atomic E-state index is 5.54. The summed E-state index contributed by atoms with van der Waals surface area (Å²) >= 11 is 0. The molecule has 2 aliphatic rings. The number of hydrogen-bond acceptors (Lipinski definition) is 5. The van der Waals surface area contributed by atoms with Crippen molar-refractivity contribution in [2.45, 2.75) is 25.8 Å². The van der Waals surface area contributed by atoms with Crippen LogP contribution in [-0.4, -0.2) is 41.4 Å². The van der Waals surface area contributed by atoms with Crippen molar-refractivity contribution in [1.29, 1.82) is 0 Å². The van der Waals surface area contributed by atoms with Gasteiger partial charge in [0.25, 0.3) is 0 Å². The summed E-state index contributed by atoms with van der Waals surface area (Å²) < 4.78 is 18.6. The van der Waals surface area contributed by atoms with Crippen LogP contribution < -0.4 is 14.2 Å². The number of aromatic nitrogens is 2. The molecule has 2 aromatic rings. The van der Waals surface area contributed by atoms with Gasteiger partial charge in [-0.1, -0.05) is 0 Å². The Hall–Kier alpha value is -2.21. The number of aryl methyl sites for hydroxylation is 1. The van der Waals surface area contributed by atoms with Gasteiger partial charge in [0.2, 0.25) is 12.5 Å². The SMILES string of the molecule is COc1cc(CN2CCC[C@H](Cc3nccn3C)C2)cc2c1OCO2. The van der Waals surface area contributed by atoms with Crippen LogP contribution in [0.2, 0.25) is 0 Å². The minimum Gasteiger partial charge on any atom is -0.493 e. The molecular formula is C19H25N3O3. The second-order valence-electron chi connectivity index (χ2n) is 6.93. The summed E-state index contributed by atoms with van der Waals surface area (Å²) in [7, 11) is 3.74. The van der Waals surface area contributed by atoms with Gasteiger partial charge in [-0.3, -0.25) is 4.90 Å². The van der Waals surface area contributed by atoms with E-state index in [0.717, 1.165) is 43.3 Å². The lowest BCUT2D eigenvalue weighted by Gasteiger charge is -2.32. The lowest BCUT2D eigenvalue weighted by molar-refractivity contribution is 0.165. The van der Waals surface area contributed by atoms with Gasteiger partial charge in [0.05, 0.1) is 7.11 Å². The van der Waals surface area contributed by atoms with Crippen LogP contribution in [-0.2, 0) is 20.0 Å². The van der Waals surface area contributed by atoms with Gasteiger partial charge in [-0.05, 0) is 43.0 Å². The van der Waals surface area contributed by atoms with Crippen LogP contribution >= 0.6 is 0 Å². The van der Waals surface area contributed by atoms with Gasteiger partial charge >= 0.3 is 0 Å². The molecule has 134 valence electrons. The first-order valence-corrected chi connectivity index (χ1v) is 8.88. The molecule has 25 heavy (non-hydrogen) atoms. The first-order chi connectivity index (χ1) is 12.2. The number of methoxy groups -OCH3 is 1. The summed E-state index contributed by atoms with van der Waals surface area (Å²) in [6, 6.07) is 4.14. The molecule has 3 heterocycles. The van der Waals surface area contributed by atoms with Crippen molar-refractivity contribution in [3.63, 3.8) is 0 Å². The standard InChI is InChI=1S/C19H25N3O3/c1-21-7-5-20-18(21)10-14-4-3-6-22(11-14)12-15-8-16(23-2)19-17(9-15)24-13-25-19/h5,7-9,14H,3-4,6,10-13H2,1-2H3/t14-/m1/s1. The largest absolute Gasteiger partial charge is 0.493 e. The van der Waals surface area contributed by atoms with Crippen molar-refractivity contribution < 1.29 is 14.2 Å². The normalized spacial score (nSPS) is 20.0. The van der Waals surface area contributed by atoms with Crippen LogP contribution in [0.4, 0.5) is 0 Å². The fourth-order valence-corrected chi connectivity index (χ4v) is 3.85. The second kappa shape index (κ2) is 6.96. The number of piperidine rings is 1. The third-order valence-electron chi connectivity index (χ3n) is 5.12. The number of hydrogen-bond donors (Lipinski definition) is 0. The Morgan fingerprint density at radius 1 is 1.32 bits per heavy atom. The second-order valence-corrected chi connectivity index (χ2v) is 6.93. The van der Waals surface area contributed by atoms with Crippen LogP contribution in [0.25, 0.3) is 0 Å². The minimum atomic E-state index is 0.268. The number of nitrogens with zero attached hydrogens (tertiary/aromatic N) is 3. The van der Waals surface area contributed by atoms with Gasteiger partial charge in [-0.15, -0.1) is 0 Å². The lowest BCUT2D eigenvalue weighted by Crippen LogP contribution is -2.36. The quantitative estimate of drug-likeness (QED) is 0.835. The summed E-state index contributed by atoms with van der Waals surface area (Å²) in [6.45, 7) is 3.41. The molecule has 0 aliphatic carbocycles. The number of likely N-dealkylation sites (tertiary alicyclic amines) is 1. The van der Waals surface area contributed by atoms with Crippen molar-refractivity contribution in [2.24, 2.45) is 13.0 Å². The first-order valence-electron chi connectivity index (χ1n) is 8.88. The van der Waals surface area contributed by atoms with E-state index in [-0.39, 0.29) is 6.79 Å². The summed E-state index contributed by atoms with van der Waals surface area (Å²) in [4.78, 5) is 7.00. The van der Waals surface area contributed by atoms with Crippen LogP contribution in [0, 0.1) is 5.92 Å². The van der Waals surface area contributed by atoms with Gasteiger partial charge in [0.1, 0.15) is 5.82 Å². The highest BCUT2D eigenvalue weighted by atomic mass is 16.7. The molecule has 0 unspecified atom stereocenters. The Morgan fingerprint density at radius 3 is 3.04 bits per heavy atom. The summed E-state index contributed by atoms with van der Waals surface area (Å²) in [5, 5.41) is 0. The van der Waals surface area contributed by atoms with E-state index >= 15 is 0 Å². The van der Waals surface area contributed by atoms with Crippen molar-refractivity contribution >= 4 is 0 Å². The fourth-order valence-electron chi connectivity index (χ4n) is 3.85. The fraction of sp³-hybridized carbons (Fsp3) is 0.526. The molecule has 0 saturated carbocycles. The van der Waals surface area contributed by atoms with E-state index in [2.05, 4.69) is 33.6 Å². The Morgan fingerprint density at radius 2 is 2.24 bits per heavy atom. The molecule has 0 radical (unpaired) electrons. The monoisotopic (exact) mass is 343 g/mol. The third kappa shape index (κ3) is 3.44. The molecule has 6 nitrogen and oxygen atoms in total. The highest BCUT2D eigenvalue weighted by Crippen LogP contribution is 2.42. The summed E-state index contributed by atoms with van der Waals surface area (Å²) in [5.74, 6) is 4.10. The van der Waals surface area contributed by atoms with E-state index in [9.17, 15) is 0 Å². The molecule has 1 aromatic carbocycles. The van der Waals surface area contributed by atoms with E-state index in [0.29, 0.717) is 5.92 Å². The number of imidazole rings is 1. The van der Waals surface area contributed by atoms with Crippen molar-refractivity contribution in [2.75, 3.05) is 27.0 Å². The van der Waals surface area contributed by atoms with Crippen LogP contribution in [0.15, 0.2) is 24.5 Å². The molecule has 0 amide bonds. The van der Waals surface area contributed by atoms with Gasteiger partial charge < -0.3 is 18.8 Å². The van der Waals surface area contributed by atoms with Gasteiger partial charge in [-0.2, -0.15) is 0 Å². The highest BCUT2D eigenvalue weighted by Gasteiger charge is 2.24. The Bertz CT molecular complexity index is 744. The lowest BCUT2D eigenvalue weighted by atomic mass is 9.94. The van der Waals surface area contributed by atoms with E-state index in [1.165, 1.54) is 24.2 Å². The molecule has 0 N–H and O–H groups in total. The number of fused-ring (bicyclic) bond motifs is 1. The van der Waals surface area contributed by atoms with E-state index in [1.807, 2.05) is 12.4 Å². The topological polar surface area (TPSA) is 48.8 Å². The Balaban J connectivity index is 1.43. The summed E-state index contributed by atoms with van der Waals surface area (Å²) in [6.07, 6.45) is 7.46. The van der Waals surface area contributed by atoms with Crippen molar-refractivity contribution in [1.82, 2.24) is 14.5 Å². The minimum absolute atomic E-state index is 0.268. The maximum Gasteiger partial charge on any atom is 0.231 e. The zero-order valence-electron chi connectivity index (χ0n) is 14.9. The molecule has 1 atom stereocenters. The van der Waals surface area contributed by atoms with Crippen LogP contribution in [0.3, 0.4) is 0 Å². The predicted molar refractivity (Wildman–Crippen MR) is 94.0 cm³/mol. The van der Waals surface area contributed by atoms with Gasteiger partial charge in [0.15, 0.2) is 11.5 Å². The molecule has 1 aromatic heterocycles. The number of ether oxygens (including phenoxy) is 3. The first kappa shape index (κ1) is 16.3. The zero-order valence-corrected chi connectivity index (χ0v) is 14.9. The highest BCUT2D eigenvalue weighted by molar-refractivity contribution is 5.55. The average molecular weight is 343 g/mol. The van der Waals surface area contributed by atoms with E-state index in [1.54, 1.807) is 7.11 Å². The smallest absolute Gasteiger partial charge is 0.231 e. The Labute approximate surface area is 148 Å². The molecular weight excluding hydrogens is 318 g/mol. The Kier molecular flexibility index (Phi) is 4.53. The molecule has 6 heteroatoms. The molecule has 4 rings (SSSR count).